The minimum Gasteiger partial charge on any atom is -0.481 e. The zero-order chi connectivity index (χ0) is 9.14. The summed E-state index contributed by atoms with van der Waals surface area (Å²) in [5, 5.41) is 11.3. The zero-order valence-corrected chi connectivity index (χ0v) is 8.85. The molecular weight excluding hydrogens is 242 g/mol. The molecule has 0 saturated carbocycles. The molecule has 0 radical (unpaired) electrons. The maximum atomic E-state index is 10.5. The highest BCUT2D eigenvalue weighted by Crippen LogP contribution is 2.17. The monoisotopic (exact) mass is 249 g/mol. The maximum absolute atomic E-state index is 10.5. The second-order valence-corrected chi connectivity index (χ2v) is 4.26. The van der Waals surface area contributed by atoms with Crippen LogP contribution in [0.3, 0.4) is 0 Å². The fourth-order valence-corrected chi connectivity index (χ4v) is 2.13. The van der Waals surface area contributed by atoms with Crippen molar-refractivity contribution in [1.29, 1.82) is 0 Å². The van der Waals surface area contributed by atoms with Crippen molar-refractivity contribution < 1.29 is 9.90 Å². The van der Waals surface area contributed by atoms with E-state index in [-0.39, 0.29) is 5.92 Å². The van der Waals surface area contributed by atoms with Gasteiger partial charge in [0.2, 0.25) is 0 Å². The standard InChI is InChI=1S/C7H8BrNO2S/c1-4(7(10)11)2-6-9-5(8)3-12-6/h3-4H,2H2,1H3,(H,10,11)/t4-/m0/s1. The molecule has 66 valence electrons. The number of carbonyl (C=O) groups is 1. The van der Waals surface area contributed by atoms with Gasteiger partial charge in [0.05, 0.1) is 10.9 Å². The first-order valence-electron chi connectivity index (χ1n) is 3.42. The van der Waals surface area contributed by atoms with Gasteiger partial charge in [-0.25, -0.2) is 4.98 Å². The molecule has 0 amide bonds. The largest absolute Gasteiger partial charge is 0.481 e. The number of halogens is 1. The number of carboxylic acid groups (broad SMARTS) is 1. The van der Waals surface area contributed by atoms with Gasteiger partial charge in [0.1, 0.15) is 4.60 Å². The van der Waals surface area contributed by atoms with Crippen molar-refractivity contribution in [3.05, 3.63) is 15.0 Å². The minimum absolute atomic E-state index is 0.358. The van der Waals surface area contributed by atoms with Gasteiger partial charge in [0.15, 0.2) is 0 Å². The Bertz CT molecular complexity index is 287. The fraction of sp³-hybridized carbons (Fsp3) is 0.429. The summed E-state index contributed by atoms with van der Waals surface area (Å²) in [6.45, 7) is 1.68. The van der Waals surface area contributed by atoms with E-state index in [9.17, 15) is 4.79 Å². The minimum atomic E-state index is -0.777. The Kier molecular flexibility index (Phi) is 3.22. The van der Waals surface area contributed by atoms with Gasteiger partial charge in [-0.05, 0) is 15.9 Å². The summed E-state index contributed by atoms with van der Waals surface area (Å²) in [4.78, 5) is 14.6. The van der Waals surface area contributed by atoms with E-state index >= 15 is 0 Å². The Morgan fingerprint density at radius 2 is 2.58 bits per heavy atom. The molecule has 0 fully saturated rings. The molecule has 1 aromatic heterocycles. The molecule has 1 heterocycles. The van der Waals surface area contributed by atoms with Crippen LogP contribution in [0.25, 0.3) is 0 Å². The molecule has 0 saturated heterocycles. The Morgan fingerprint density at radius 3 is 3.00 bits per heavy atom. The predicted molar refractivity (Wildman–Crippen MR) is 50.3 cm³/mol. The van der Waals surface area contributed by atoms with Gasteiger partial charge in [-0.2, -0.15) is 0 Å². The van der Waals surface area contributed by atoms with Crippen molar-refractivity contribution in [2.24, 2.45) is 5.92 Å². The van der Waals surface area contributed by atoms with E-state index < -0.39 is 5.97 Å². The third kappa shape index (κ3) is 2.57. The van der Waals surface area contributed by atoms with E-state index in [4.69, 9.17) is 5.11 Å². The summed E-state index contributed by atoms with van der Waals surface area (Å²) in [5.41, 5.74) is 0. The average Bonchev–Trinajstić information content (AvgIpc) is 2.35. The molecule has 1 rings (SSSR count). The highest BCUT2D eigenvalue weighted by molar-refractivity contribution is 9.10. The number of nitrogens with zero attached hydrogens (tertiary/aromatic N) is 1. The van der Waals surface area contributed by atoms with Crippen molar-refractivity contribution in [2.75, 3.05) is 0 Å². The van der Waals surface area contributed by atoms with Crippen molar-refractivity contribution >= 4 is 33.2 Å². The topological polar surface area (TPSA) is 50.2 Å². The summed E-state index contributed by atoms with van der Waals surface area (Å²) in [6.07, 6.45) is 0.506. The average molecular weight is 250 g/mol. The molecule has 0 aliphatic carbocycles. The lowest BCUT2D eigenvalue weighted by Crippen LogP contribution is -2.11. The first kappa shape index (κ1) is 9.67. The number of rotatable bonds is 3. The van der Waals surface area contributed by atoms with Crippen LogP contribution in [0.15, 0.2) is 9.98 Å². The number of carboxylic acids is 1. The van der Waals surface area contributed by atoms with Gasteiger partial charge in [0, 0.05) is 11.8 Å². The third-order valence-electron chi connectivity index (χ3n) is 1.43. The molecule has 5 heteroatoms. The van der Waals surface area contributed by atoms with Crippen LogP contribution >= 0.6 is 27.3 Å². The van der Waals surface area contributed by atoms with Crippen molar-refractivity contribution in [2.45, 2.75) is 13.3 Å². The quantitative estimate of drug-likeness (QED) is 0.894. The second-order valence-electron chi connectivity index (χ2n) is 2.51. The highest BCUT2D eigenvalue weighted by atomic mass is 79.9. The van der Waals surface area contributed by atoms with Crippen LogP contribution in [0.5, 0.6) is 0 Å². The van der Waals surface area contributed by atoms with Crippen LogP contribution < -0.4 is 0 Å². The van der Waals surface area contributed by atoms with Crippen LogP contribution in [-0.2, 0) is 11.2 Å². The molecule has 0 spiro atoms. The van der Waals surface area contributed by atoms with Gasteiger partial charge >= 0.3 is 5.97 Å². The number of hydrogen-bond donors (Lipinski definition) is 1. The highest BCUT2D eigenvalue weighted by Gasteiger charge is 2.13. The fourth-order valence-electron chi connectivity index (χ4n) is 0.731. The molecule has 0 aliphatic heterocycles. The first-order valence-corrected chi connectivity index (χ1v) is 5.09. The van der Waals surface area contributed by atoms with Crippen molar-refractivity contribution in [3.8, 4) is 0 Å². The molecule has 12 heavy (non-hydrogen) atoms. The molecule has 0 aromatic carbocycles. The van der Waals surface area contributed by atoms with E-state index in [1.165, 1.54) is 11.3 Å². The van der Waals surface area contributed by atoms with Gasteiger partial charge in [-0.1, -0.05) is 6.92 Å². The normalized spacial score (nSPS) is 12.8. The Labute approximate surface area is 82.6 Å². The van der Waals surface area contributed by atoms with Crippen LogP contribution in [0.4, 0.5) is 0 Å². The summed E-state index contributed by atoms with van der Waals surface area (Å²) >= 11 is 4.68. The van der Waals surface area contributed by atoms with Gasteiger partial charge in [-0.3, -0.25) is 4.79 Å². The zero-order valence-electron chi connectivity index (χ0n) is 6.45. The van der Waals surface area contributed by atoms with Crippen molar-refractivity contribution in [3.63, 3.8) is 0 Å². The van der Waals surface area contributed by atoms with Gasteiger partial charge < -0.3 is 5.11 Å². The van der Waals surface area contributed by atoms with E-state index in [1.807, 2.05) is 5.38 Å². The van der Waals surface area contributed by atoms with E-state index in [2.05, 4.69) is 20.9 Å². The number of hydrogen-bond acceptors (Lipinski definition) is 3. The number of aromatic nitrogens is 1. The summed E-state index contributed by atoms with van der Waals surface area (Å²) in [6, 6.07) is 0. The number of thiazole rings is 1. The van der Waals surface area contributed by atoms with Gasteiger partial charge in [0.25, 0.3) is 0 Å². The van der Waals surface area contributed by atoms with E-state index in [1.54, 1.807) is 6.92 Å². The summed E-state index contributed by atoms with van der Waals surface area (Å²) < 4.78 is 0.778. The third-order valence-corrected chi connectivity index (χ3v) is 3.01. The first-order chi connectivity index (χ1) is 5.59. The Balaban J connectivity index is 2.58. The molecule has 1 N–H and O–H groups in total. The lowest BCUT2D eigenvalue weighted by Gasteiger charge is -2.00. The Morgan fingerprint density at radius 1 is 1.92 bits per heavy atom. The summed E-state index contributed by atoms with van der Waals surface area (Å²) in [5.74, 6) is -1.13. The molecule has 1 atom stereocenters. The van der Waals surface area contributed by atoms with Gasteiger partial charge in [-0.15, -0.1) is 11.3 Å². The molecule has 3 nitrogen and oxygen atoms in total. The van der Waals surface area contributed by atoms with Crippen LogP contribution in [0.1, 0.15) is 11.9 Å². The van der Waals surface area contributed by atoms with E-state index in [0.29, 0.717) is 6.42 Å². The smallest absolute Gasteiger partial charge is 0.306 e. The Hall–Kier alpha value is -0.420. The lowest BCUT2D eigenvalue weighted by molar-refractivity contribution is -0.141. The van der Waals surface area contributed by atoms with Crippen LogP contribution in [-0.4, -0.2) is 16.1 Å². The van der Waals surface area contributed by atoms with Crippen LogP contribution in [0.2, 0.25) is 0 Å². The molecule has 0 aliphatic rings. The second kappa shape index (κ2) is 4.00. The maximum Gasteiger partial charge on any atom is 0.306 e. The molecular formula is C7H8BrNO2S. The lowest BCUT2D eigenvalue weighted by atomic mass is 10.1. The van der Waals surface area contributed by atoms with Crippen molar-refractivity contribution in [1.82, 2.24) is 4.98 Å². The van der Waals surface area contributed by atoms with Crippen LogP contribution in [0, 0.1) is 5.92 Å². The molecule has 0 bridgehead atoms. The van der Waals surface area contributed by atoms with E-state index in [0.717, 1.165) is 9.61 Å². The predicted octanol–water partition coefficient (Wildman–Crippen LogP) is 2.17. The number of aliphatic carboxylic acids is 1. The SMILES string of the molecule is C[C@@H](Cc1nc(Br)cs1)C(=O)O. The molecule has 0 unspecified atom stereocenters. The summed E-state index contributed by atoms with van der Waals surface area (Å²) in [7, 11) is 0. The molecule has 1 aromatic rings.